The second kappa shape index (κ2) is 29.6. The Hall–Kier alpha value is 1.66. The smallest absolute Gasteiger partial charge is 0.550 e. The van der Waals surface area contributed by atoms with Crippen molar-refractivity contribution in [2.75, 3.05) is 0 Å². The summed E-state index contributed by atoms with van der Waals surface area (Å²) in [5, 5.41) is 32.5. The Balaban J connectivity index is -0.0000000184. The number of hydrogen-bond donors (Lipinski definition) is 0. The van der Waals surface area contributed by atoms with Crippen molar-refractivity contribution in [3.8, 4) is 0 Å². The molecule has 0 aromatic heterocycles. The van der Waals surface area contributed by atoms with Crippen LogP contribution in [0.4, 0.5) is 0 Å². The molecule has 0 N–H and O–H groups in total. The molecular formula is C4H6CaKNO7Rh+3. The van der Waals surface area contributed by atoms with E-state index in [9.17, 15) is 0 Å². The summed E-state index contributed by atoms with van der Waals surface area (Å²) >= 11 is 0. The Labute approximate surface area is 171 Å². The zero-order valence-corrected chi connectivity index (χ0v) is 15.3. The fraction of sp³-hybridized carbons (Fsp3) is 0.500. The zero-order valence-electron chi connectivity index (χ0n) is 8.35. The number of aliphatic carboxylic acids is 2. The molecule has 0 aromatic rings. The van der Waals surface area contributed by atoms with Gasteiger partial charge in [0.25, 0.3) is 0 Å². The maximum atomic E-state index is 8.89. The molecule has 0 aliphatic rings. The van der Waals surface area contributed by atoms with Crippen LogP contribution in [0.2, 0.25) is 0 Å². The van der Waals surface area contributed by atoms with Crippen LogP contribution in [-0.2, 0) is 29.1 Å². The minimum Gasteiger partial charge on any atom is -0.550 e. The molecule has 0 amide bonds. The topological polar surface area (TPSA) is 146 Å². The first-order valence-electron chi connectivity index (χ1n) is 2.36. The van der Waals surface area contributed by atoms with Gasteiger partial charge in [-0.05, 0) is 13.8 Å². The van der Waals surface area contributed by atoms with Crippen LogP contribution in [0.25, 0.3) is 0 Å². The molecule has 0 radical (unpaired) electrons. The normalized spacial score (nSPS) is 4.93. The van der Waals surface area contributed by atoms with Gasteiger partial charge in [-0.15, -0.1) is 0 Å². The van der Waals surface area contributed by atoms with Crippen molar-refractivity contribution in [2.24, 2.45) is 0 Å². The molecule has 0 spiro atoms. The molecule has 0 aliphatic carbocycles. The predicted octanol–water partition coefficient (Wildman–Crippen LogP) is -6.11. The molecule has 8 nitrogen and oxygen atoms in total. The number of rotatable bonds is 0. The summed E-state index contributed by atoms with van der Waals surface area (Å²) in [6, 6.07) is 0. The van der Waals surface area contributed by atoms with Crippen molar-refractivity contribution in [2.45, 2.75) is 13.8 Å². The van der Waals surface area contributed by atoms with E-state index in [1.165, 1.54) is 0 Å². The molecule has 0 aliphatic heterocycles. The Morgan fingerprint density at radius 2 is 1.00 bits per heavy atom. The summed E-state index contributed by atoms with van der Waals surface area (Å²) in [4.78, 5) is 26.0. The molecular weight excluding hydrogens is 356 g/mol. The number of carboxylic acids is 2. The van der Waals surface area contributed by atoms with Gasteiger partial charge in [0.15, 0.2) is 0 Å². The van der Waals surface area contributed by atoms with E-state index in [0.29, 0.717) is 0 Å². The second-order valence-electron chi connectivity index (χ2n) is 1.21. The van der Waals surface area contributed by atoms with Crippen LogP contribution in [0.5, 0.6) is 0 Å². The summed E-state index contributed by atoms with van der Waals surface area (Å²) in [6.45, 7) is 1.94. The molecule has 0 atom stereocenters. The predicted molar refractivity (Wildman–Crippen MR) is 37.5 cm³/mol. The van der Waals surface area contributed by atoms with E-state index in [4.69, 9.17) is 35.1 Å². The first-order valence-corrected chi connectivity index (χ1v) is 2.36. The van der Waals surface area contributed by atoms with Gasteiger partial charge in [0.05, 0.1) is 5.09 Å². The maximum Gasteiger partial charge on any atom is 3.00 e. The Kier molecular flexibility index (Phi) is 71.0. The maximum absolute atomic E-state index is 8.89. The molecule has 0 aromatic carbocycles. The van der Waals surface area contributed by atoms with Crippen molar-refractivity contribution in [1.82, 2.24) is 0 Å². The van der Waals surface area contributed by atoms with Crippen LogP contribution < -0.4 is 61.6 Å². The summed E-state index contributed by atoms with van der Waals surface area (Å²) in [5.74, 6) is -2.17. The summed E-state index contributed by atoms with van der Waals surface area (Å²) in [6.07, 6.45) is 0. The SMILES string of the molecule is CC(=O)[O-].CC(=O)[O-].O=[N+]([O-])[O-].[Ca+2].[K+].[Rh+3]. The Morgan fingerprint density at radius 3 is 1.00 bits per heavy atom. The molecule has 15 heavy (non-hydrogen) atoms. The molecule has 0 unspecified atom stereocenters. The first kappa shape index (κ1) is 36.0. The summed E-state index contributed by atoms with van der Waals surface area (Å²) in [7, 11) is 0. The van der Waals surface area contributed by atoms with Crippen molar-refractivity contribution in [1.29, 1.82) is 0 Å². The van der Waals surface area contributed by atoms with Crippen LogP contribution >= 0.6 is 0 Å². The third kappa shape index (κ3) is 1060. The Bertz CT molecular complexity index is 129. The van der Waals surface area contributed by atoms with Crippen LogP contribution in [0.1, 0.15) is 13.8 Å². The molecule has 0 rings (SSSR count). The number of nitrogens with zero attached hydrogens (tertiary/aromatic N) is 1. The van der Waals surface area contributed by atoms with Gasteiger partial charge >= 0.3 is 109 Å². The first-order chi connectivity index (χ1) is 5.20. The summed E-state index contributed by atoms with van der Waals surface area (Å²) in [5.41, 5.74) is 0. The van der Waals surface area contributed by atoms with E-state index in [1.54, 1.807) is 0 Å². The van der Waals surface area contributed by atoms with Gasteiger partial charge in [-0.2, -0.15) is 0 Å². The number of carbonyl (C=O) groups excluding carboxylic acids is 2. The van der Waals surface area contributed by atoms with Gasteiger partial charge in [0, 0.05) is 11.9 Å². The summed E-state index contributed by atoms with van der Waals surface area (Å²) < 4.78 is 0. The van der Waals surface area contributed by atoms with Gasteiger partial charge < -0.3 is 35.1 Å². The van der Waals surface area contributed by atoms with Gasteiger partial charge in [-0.1, -0.05) is 0 Å². The van der Waals surface area contributed by atoms with Crippen molar-refractivity contribution < 1.29 is 95.8 Å². The van der Waals surface area contributed by atoms with Gasteiger partial charge in [0.2, 0.25) is 0 Å². The van der Waals surface area contributed by atoms with Crippen LogP contribution in [-0.4, -0.2) is 54.8 Å². The third-order valence-electron chi connectivity index (χ3n) is 0. The van der Waals surface area contributed by atoms with Gasteiger partial charge in [-0.3, -0.25) is 0 Å². The fourth-order valence-corrected chi connectivity index (χ4v) is 0. The van der Waals surface area contributed by atoms with E-state index >= 15 is 0 Å². The minimum absolute atomic E-state index is 0. The van der Waals surface area contributed by atoms with E-state index in [2.05, 4.69) is 0 Å². The van der Waals surface area contributed by atoms with Crippen molar-refractivity contribution in [3.05, 3.63) is 15.3 Å². The van der Waals surface area contributed by atoms with E-state index in [-0.39, 0.29) is 109 Å². The fourth-order valence-electron chi connectivity index (χ4n) is 0. The molecule has 0 fully saturated rings. The number of carboxylic acid groups (broad SMARTS) is 2. The number of carbonyl (C=O) groups is 2. The van der Waals surface area contributed by atoms with Gasteiger partial charge in [-0.25, -0.2) is 0 Å². The Morgan fingerprint density at radius 1 is 1.00 bits per heavy atom. The average Bonchev–Trinajstić information content (AvgIpc) is 1.54. The van der Waals surface area contributed by atoms with Gasteiger partial charge in [0.1, 0.15) is 0 Å². The largest absolute Gasteiger partial charge is 3.00 e. The van der Waals surface area contributed by atoms with E-state index in [1.807, 2.05) is 0 Å². The zero-order chi connectivity index (χ0) is 10.7. The molecule has 0 heterocycles. The second-order valence-corrected chi connectivity index (χ2v) is 1.21. The molecule has 11 heteroatoms. The monoisotopic (exact) mass is 362 g/mol. The number of hydrogen-bond acceptors (Lipinski definition) is 7. The minimum atomic E-state index is -1.75. The molecule has 0 saturated heterocycles. The molecule has 0 bridgehead atoms. The van der Waals surface area contributed by atoms with E-state index in [0.717, 1.165) is 13.8 Å². The van der Waals surface area contributed by atoms with Crippen LogP contribution in [0, 0.1) is 15.3 Å². The molecule has 0 saturated carbocycles. The van der Waals surface area contributed by atoms with Crippen LogP contribution in [0.15, 0.2) is 0 Å². The quantitative estimate of drug-likeness (QED) is 0.237. The van der Waals surface area contributed by atoms with E-state index < -0.39 is 17.0 Å². The van der Waals surface area contributed by atoms with Crippen LogP contribution in [0.3, 0.4) is 0 Å². The molecule has 78 valence electrons. The van der Waals surface area contributed by atoms with Crippen molar-refractivity contribution in [3.63, 3.8) is 0 Å². The third-order valence-corrected chi connectivity index (χ3v) is 0. The average molecular weight is 362 g/mol. The standard InChI is InChI=1S/2C2H4O2.Ca.K.NO3.Rh/c2*1-2(3)4;;;2-1(3)4;/h2*1H3,(H,3,4);;;;/q;;+2;+1;-1;+3/p-2. The van der Waals surface area contributed by atoms with Crippen molar-refractivity contribution >= 4 is 49.7 Å².